The predicted octanol–water partition coefficient (Wildman–Crippen LogP) is 2.90. The second-order valence-electron chi connectivity index (χ2n) is 8.62. The molecule has 0 aromatic heterocycles. The van der Waals surface area contributed by atoms with Gasteiger partial charge in [-0.25, -0.2) is 0 Å². The van der Waals surface area contributed by atoms with Gasteiger partial charge in [0.05, 0.1) is 19.8 Å². The zero-order chi connectivity index (χ0) is 21.6. The van der Waals surface area contributed by atoms with Crippen molar-refractivity contribution in [3.05, 3.63) is 59.2 Å². The summed E-state index contributed by atoms with van der Waals surface area (Å²) < 4.78 is 5.41. The summed E-state index contributed by atoms with van der Waals surface area (Å²) in [5, 5.41) is 3.05. The van der Waals surface area contributed by atoms with E-state index < -0.39 is 0 Å². The summed E-state index contributed by atoms with van der Waals surface area (Å²) in [4.78, 5) is 19.6. The number of ether oxygens (including phenoxy) is 1. The number of aryl methyl sites for hydroxylation is 1. The van der Waals surface area contributed by atoms with Gasteiger partial charge in [-0.05, 0) is 48.7 Å². The number of carbonyl (C=O) groups is 1. The number of rotatable bonds is 6. The Morgan fingerprint density at radius 3 is 2.32 bits per heavy atom. The zero-order valence-electron chi connectivity index (χ0n) is 18.8. The van der Waals surface area contributed by atoms with Gasteiger partial charge in [-0.2, -0.15) is 0 Å². The molecule has 2 aliphatic heterocycles. The molecule has 6 heteroatoms. The number of morpholine rings is 1. The minimum Gasteiger partial charge on any atom is -0.379 e. The number of nitrogens with one attached hydrogen (secondary N) is 1. The number of hydrogen-bond acceptors (Lipinski definition) is 5. The molecule has 6 nitrogen and oxygen atoms in total. The van der Waals surface area contributed by atoms with Crippen LogP contribution in [0.5, 0.6) is 0 Å². The van der Waals surface area contributed by atoms with Gasteiger partial charge in [0.1, 0.15) is 0 Å². The molecule has 2 aromatic carbocycles. The Hall–Kier alpha value is -2.41. The van der Waals surface area contributed by atoms with Crippen molar-refractivity contribution in [1.29, 1.82) is 0 Å². The average Bonchev–Trinajstić information content (AvgIpc) is 2.78. The molecule has 2 fully saturated rings. The number of benzene rings is 2. The van der Waals surface area contributed by atoms with Gasteiger partial charge in [0, 0.05) is 57.2 Å². The van der Waals surface area contributed by atoms with Gasteiger partial charge in [-0.1, -0.05) is 24.3 Å². The van der Waals surface area contributed by atoms with Crippen molar-refractivity contribution in [2.75, 3.05) is 69.2 Å². The quantitative estimate of drug-likeness (QED) is 0.776. The van der Waals surface area contributed by atoms with Gasteiger partial charge in [-0.15, -0.1) is 0 Å². The SMILES string of the molecule is Cc1cccc(N2CCN(CC(=O)Nc3ccc(CN4CCOCC4)cc3)CC2)c1C. The van der Waals surface area contributed by atoms with Crippen molar-refractivity contribution >= 4 is 17.3 Å². The van der Waals surface area contributed by atoms with Crippen LogP contribution in [-0.2, 0) is 16.1 Å². The standard InChI is InChI=1S/C25H34N4O2/c1-20-4-3-5-24(21(20)2)29-12-10-27(11-13-29)19-25(30)26-23-8-6-22(7-9-23)18-28-14-16-31-17-15-28/h3-9H,10-19H2,1-2H3,(H,26,30). The lowest BCUT2D eigenvalue weighted by atomic mass is 10.1. The van der Waals surface area contributed by atoms with Gasteiger partial charge < -0.3 is 15.0 Å². The van der Waals surface area contributed by atoms with Crippen molar-refractivity contribution in [1.82, 2.24) is 9.80 Å². The lowest BCUT2D eigenvalue weighted by Gasteiger charge is -2.36. The molecule has 0 unspecified atom stereocenters. The second kappa shape index (κ2) is 10.3. The van der Waals surface area contributed by atoms with E-state index in [1.165, 1.54) is 22.4 Å². The lowest BCUT2D eigenvalue weighted by molar-refractivity contribution is -0.117. The molecule has 0 bridgehead atoms. The molecule has 2 aromatic rings. The zero-order valence-corrected chi connectivity index (χ0v) is 18.8. The molecule has 2 saturated heterocycles. The Morgan fingerprint density at radius 1 is 0.903 bits per heavy atom. The third-order valence-electron chi connectivity index (χ3n) is 6.40. The van der Waals surface area contributed by atoms with Crippen LogP contribution in [0.15, 0.2) is 42.5 Å². The first-order valence-electron chi connectivity index (χ1n) is 11.3. The molecule has 0 atom stereocenters. The van der Waals surface area contributed by atoms with Crippen LogP contribution < -0.4 is 10.2 Å². The van der Waals surface area contributed by atoms with Crippen molar-refractivity contribution in [2.45, 2.75) is 20.4 Å². The number of amides is 1. The van der Waals surface area contributed by atoms with Gasteiger partial charge in [0.2, 0.25) is 5.91 Å². The third kappa shape index (κ3) is 5.85. The normalized spacial score (nSPS) is 18.2. The molecule has 1 amide bonds. The smallest absolute Gasteiger partial charge is 0.238 e. The molecule has 2 aliphatic rings. The maximum atomic E-state index is 12.5. The Kier molecular flexibility index (Phi) is 7.22. The van der Waals surface area contributed by atoms with E-state index >= 15 is 0 Å². The minimum atomic E-state index is 0.0566. The van der Waals surface area contributed by atoms with E-state index in [9.17, 15) is 4.79 Å². The average molecular weight is 423 g/mol. The van der Waals surface area contributed by atoms with Gasteiger partial charge in [0.25, 0.3) is 0 Å². The molecule has 31 heavy (non-hydrogen) atoms. The number of carbonyl (C=O) groups excluding carboxylic acids is 1. The van der Waals surface area contributed by atoms with Crippen LogP contribution in [0.4, 0.5) is 11.4 Å². The predicted molar refractivity (Wildman–Crippen MR) is 126 cm³/mol. The summed E-state index contributed by atoms with van der Waals surface area (Å²) in [6.07, 6.45) is 0. The minimum absolute atomic E-state index is 0.0566. The van der Waals surface area contributed by atoms with Crippen molar-refractivity contribution in [3.8, 4) is 0 Å². The fourth-order valence-electron chi connectivity index (χ4n) is 4.34. The van der Waals surface area contributed by atoms with Crippen LogP contribution in [0.25, 0.3) is 0 Å². The first kappa shape index (κ1) is 21.8. The van der Waals surface area contributed by atoms with E-state index in [-0.39, 0.29) is 5.91 Å². The van der Waals surface area contributed by atoms with Crippen LogP contribution in [0.1, 0.15) is 16.7 Å². The first-order chi connectivity index (χ1) is 15.1. The molecule has 0 aliphatic carbocycles. The Bertz CT molecular complexity index is 870. The van der Waals surface area contributed by atoms with E-state index in [1.54, 1.807) is 0 Å². The summed E-state index contributed by atoms with van der Waals surface area (Å²) in [7, 11) is 0. The molecular weight excluding hydrogens is 388 g/mol. The highest BCUT2D eigenvalue weighted by Crippen LogP contribution is 2.23. The molecule has 0 saturated carbocycles. The molecule has 166 valence electrons. The van der Waals surface area contributed by atoms with Crippen molar-refractivity contribution in [2.24, 2.45) is 0 Å². The monoisotopic (exact) mass is 422 g/mol. The van der Waals surface area contributed by atoms with Gasteiger partial charge >= 0.3 is 0 Å². The van der Waals surface area contributed by atoms with Crippen molar-refractivity contribution in [3.63, 3.8) is 0 Å². The van der Waals surface area contributed by atoms with Crippen LogP contribution in [0.2, 0.25) is 0 Å². The van der Waals surface area contributed by atoms with E-state index in [0.29, 0.717) is 6.54 Å². The van der Waals surface area contributed by atoms with Crippen LogP contribution in [0, 0.1) is 13.8 Å². The molecule has 0 radical (unpaired) electrons. The van der Waals surface area contributed by atoms with Gasteiger partial charge in [0.15, 0.2) is 0 Å². The Morgan fingerprint density at radius 2 is 1.61 bits per heavy atom. The number of anilines is 2. The van der Waals surface area contributed by atoms with E-state index in [2.05, 4.69) is 64.2 Å². The summed E-state index contributed by atoms with van der Waals surface area (Å²) in [5.41, 5.74) is 6.13. The fraction of sp³-hybridized carbons (Fsp3) is 0.480. The molecule has 4 rings (SSSR count). The fourth-order valence-corrected chi connectivity index (χ4v) is 4.34. The van der Waals surface area contributed by atoms with Crippen LogP contribution >= 0.6 is 0 Å². The molecule has 1 N–H and O–H groups in total. The highest BCUT2D eigenvalue weighted by molar-refractivity contribution is 5.92. The second-order valence-corrected chi connectivity index (χ2v) is 8.62. The molecule has 2 heterocycles. The Balaban J connectivity index is 1.22. The highest BCUT2D eigenvalue weighted by Gasteiger charge is 2.20. The first-order valence-corrected chi connectivity index (χ1v) is 11.3. The van der Waals surface area contributed by atoms with Crippen LogP contribution in [-0.4, -0.2) is 74.7 Å². The molecular formula is C25H34N4O2. The summed E-state index contributed by atoms with van der Waals surface area (Å²) in [6, 6.07) is 14.7. The summed E-state index contributed by atoms with van der Waals surface area (Å²) >= 11 is 0. The van der Waals surface area contributed by atoms with E-state index in [4.69, 9.17) is 4.74 Å². The van der Waals surface area contributed by atoms with E-state index in [1.807, 2.05) is 12.1 Å². The maximum Gasteiger partial charge on any atom is 0.238 e. The molecule has 0 spiro atoms. The lowest BCUT2D eigenvalue weighted by Crippen LogP contribution is -2.48. The van der Waals surface area contributed by atoms with Gasteiger partial charge in [-0.3, -0.25) is 14.6 Å². The summed E-state index contributed by atoms with van der Waals surface area (Å²) in [5.74, 6) is 0.0566. The number of piperazine rings is 1. The summed E-state index contributed by atoms with van der Waals surface area (Å²) in [6.45, 7) is 13.0. The highest BCUT2D eigenvalue weighted by atomic mass is 16.5. The topological polar surface area (TPSA) is 48.0 Å². The third-order valence-corrected chi connectivity index (χ3v) is 6.40. The number of nitrogens with zero attached hydrogens (tertiary/aromatic N) is 3. The number of hydrogen-bond donors (Lipinski definition) is 1. The Labute approximate surface area is 185 Å². The van der Waals surface area contributed by atoms with Crippen molar-refractivity contribution < 1.29 is 9.53 Å². The van der Waals surface area contributed by atoms with Crippen LogP contribution in [0.3, 0.4) is 0 Å². The van der Waals surface area contributed by atoms with E-state index in [0.717, 1.165) is 64.7 Å². The maximum absolute atomic E-state index is 12.5. The largest absolute Gasteiger partial charge is 0.379 e.